The topological polar surface area (TPSA) is 83.9 Å². The van der Waals surface area contributed by atoms with Gasteiger partial charge in [0.25, 0.3) is 0 Å². The maximum Gasteiger partial charge on any atom is 0.236 e. The number of para-hydroxylation sites is 2. The van der Waals surface area contributed by atoms with Crippen LogP contribution in [0.15, 0.2) is 29.4 Å². The summed E-state index contributed by atoms with van der Waals surface area (Å²) < 4.78 is 3.84. The van der Waals surface area contributed by atoms with Crippen molar-refractivity contribution in [2.24, 2.45) is 5.11 Å². The third-order valence-electron chi connectivity index (χ3n) is 2.88. The third-order valence-corrected chi connectivity index (χ3v) is 2.88. The lowest BCUT2D eigenvalue weighted by molar-refractivity contribution is 0.631. The Balaban J connectivity index is 2.55. The van der Waals surface area contributed by atoms with Crippen LogP contribution in [0.4, 0.5) is 5.95 Å². The lowest BCUT2D eigenvalue weighted by atomic mass is 10.3. The summed E-state index contributed by atoms with van der Waals surface area (Å²) in [5.41, 5.74) is 10.5. The van der Waals surface area contributed by atoms with Gasteiger partial charge < -0.3 is 4.57 Å². The first-order chi connectivity index (χ1) is 8.74. The number of hydrogen-bond donors (Lipinski definition) is 0. The fourth-order valence-corrected chi connectivity index (χ4v) is 2.22. The number of imidazole rings is 1. The number of fused-ring (bicyclic) bond motifs is 3. The highest BCUT2D eigenvalue weighted by atomic mass is 15.4. The van der Waals surface area contributed by atoms with E-state index in [1.165, 1.54) is 0 Å². The molecule has 0 saturated carbocycles. The Bertz CT molecular complexity index is 773. The summed E-state index contributed by atoms with van der Waals surface area (Å²) in [5.74, 6) is 0.955. The zero-order chi connectivity index (χ0) is 12.7. The van der Waals surface area contributed by atoms with Crippen molar-refractivity contribution in [1.82, 2.24) is 19.2 Å². The fourth-order valence-electron chi connectivity index (χ4n) is 2.22. The Labute approximate surface area is 102 Å². The number of aromatic nitrogens is 4. The molecule has 0 saturated heterocycles. The first-order valence-electron chi connectivity index (χ1n) is 5.63. The SMILES string of the molecule is CC(C)n1c2ccccc2n2c(N=[N+]=[N-])nnc12. The highest BCUT2D eigenvalue weighted by Gasteiger charge is 2.16. The van der Waals surface area contributed by atoms with Crippen LogP contribution in [-0.4, -0.2) is 19.2 Å². The van der Waals surface area contributed by atoms with Gasteiger partial charge in [-0.15, -0.1) is 10.2 Å². The van der Waals surface area contributed by atoms with Crippen LogP contribution < -0.4 is 0 Å². The zero-order valence-corrected chi connectivity index (χ0v) is 10.0. The van der Waals surface area contributed by atoms with Crippen LogP contribution in [0.2, 0.25) is 0 Å². The van der Waals surface area contributed by atoms with Gasteiger partial charge in [0.1, 0.15) is 0 Å². The highest BCUT2D eigenvalue weighted by molar-refractivity contribution is 5.82. The van der Waals surface area contributed by atoms with E-state index in [4.69, 9.17) is 5.53 Å². The van der Waals surface area contributed by atoms with Crippen LogP contribution >= 0.6 is 0 Å². The Morgan fingerprint density at radius 2 is 1.94 bits per heavy atom. The van der Waals surface area contributed by atoms with Crippen molar-refractivity contribution in [2.75, 3.05) is 0 Å². The molecule has 0 unspecified atom stereocenters. The van der Waals surface area contributed by atoms with Crippen molar-refractivity contribution < 1.29 is 0 Å². The van der Waals surface area contributed by atoms with Crippen LogP contribution in [-0.2, 0) is 0 Å². The molecule has 0 N–H and O–H groups in total. The van der Waals surface area contributed by atoms with E-state index >= 15 is 0 Å². The summed E-state index contributed by atoms with van der Waals surface area (Å²) in [6, 6.07) is 8.13. The minimum absolute atomic E-state index is 0.246. The van der Waals surface area contributed by atoms with Gasteiger partial charge in [-0.1, -0.05) is 12.1 Å². The zero-order valence-electron chi connectivity index (χ0n) is 10.0. The van der Waals surface area contributed by atoms with Gasteiger partial charge in [-0.3, -0.25) is 4.40 Å². The van der Waals surface area contributed by atoms with E-state index in [9.17, 15) is 0 Å². The number of azide groups is 1. The first kappa shape index (κ1) is 10.6. The molecule has 18 heavy (non-hydrogen) atoms. The second-order valence-electron chi connectivity index (χ2n) is 4.28. The van der Waals surface area contributed by atoms with E-state index < -0.39 is 0 Å². The molecule has 7 nitrogen and oxygen atoms in total. The molecule has 0 aliphatic carbocycles. The van der Waals surface area contributed by atoms with Crippen LogP contribution in [0.25, 0.3) is 27.3 Å². The van der Waals surface area contributed by atoms with Crippen LogP contribution in [0, 0.1) is 0 Å². The summed E-state index contributed by atoms with van der Waals surface area (Å²) in [4.78, 5) is 2.78. The molecule has 0 fully saturated rings. The van der Waals surface area contributed by atoms with Crippen molar-refractivity contribution in [3.8, 4) is 0 Å². The van der Waals surface area contributed by atoms with Crippen molar-refractivity contribution in [3.63, 3.8) is 0 Å². The van der Waals surface area contributed by atoms with Gasteiger partial charge in [-0.2, -0.15) is 0 Å². The summed E-state index contributed by atoms with van der Waals surface area (Å²) in [7, 11) is 0. The molecule has 7 heteroatoms. The number of rotatable bonds is 2. The van der Waals surface area contributed by atoms with Gasteiger partial charge >= 0.3 is 0 Å². The van der Waals surface area contributed by atoms with E-state index in [-0.39, 0.29) is 12.0 Å². The van der Waals surface area contributed by atoms with Crippen LogP contribution in [0.3, 0.4) is 0 Å². The Hall–Kier alpha value is -2.53. The summed E-state index contributed by atoms with van der Waals surface area (Å²) in [6.45, 7) is 4.16. The van der Waals surface area contributed by atoms with Crippen molar-refractivity contribution in [3.05, 3.63) is 34.7 Å². The summed E-state index contributed by atoms with van der Waals surface area (Å²) in [5, 5.41) is 11.6. The number of nitrogens with zero attached hydrogens (tertiary/aromatic N) is 7. The molecule has 0 spiro atoms. The molecule has 0 aliphatic rings. The largest absolute Gasteiger partial charge is 0.306 e. The molecule has 3 rings (SSSR count). The third kappa shape index (κ3) is 1.28. The molecule has 90 valence electrons. The Kier molecular flexibility index (Phi) is 2.21. The number of benzene rings is 1. The maximum atomic E-state index is 8.56. The standard InChI is InChI=1S/C11H11N7/c1-7(2)17-8-5-3-4-6-9(8)18-10(14-16-12)13-15-11(17)18/h3-7H,1-2H3. The van der Waals surface area contributed by atoms with Gasteiger partial charge in [0.2, 0.25) is 11.7 Å². The van der Waals surface area contributed by atoms with Crippen molar-refractivity contribution in [1.29, 1.82) is 0 Å². The molecule has 2 heterocycles. The normalized spacial score (nSPS) is 11.3. The molecular weight excluding hydrogens is 230 g/mol. The van der Waals surface area contributed by atoms with E-state index in [0.717, 1.165) is 11.0 Å². The molecule has 0 bridgehead atoms. The second-order valence-corrected chi connectivity index (χ2v) is 4.28. The first-order valence-corrected chi connectivity index (χ1v) is 5.63. The molecule has 2 aromatic heterocycles. The number of hydrogen-bond acceptors (Lipinski definition) is 3. The summed E-state index contributed by atoms with van der Waals surface area (Å²) >= 11 is 0. The van der Waals surface area contributed by atoms with E-state index in [0.29, 0.717) is 5.78 Å². The van der Waals surface area contributed by atoms with E-state index in [2.05, 4.69) is 38.6 Å². The smallest absolute Gasteiger partial charge is 0.236 e. The van der Waals surface area contributed by atoms with Gasteiger partial charge in [-0.05, 0) is 36.6 Å². The van der Waals surface area contributed by atoms with E-state index in [1.54, 1.807) is 4.40 Å². The fraction of sp³-hybridized carbons (Fsp3) is 0.273. The minimum atomic E-state index is 0.246. The van der Waals surface area contributed by atoms with Gasteiger partial charge in [0.15, 0.2) is 0 Å². The molecule has 0 radical (unpaired) electrons. The van der Waals surface area contributed by atoms with Gasteiger partial charge in [0.05, 0.1) is 11.0 Å². The predicted molar refractivity (Wildman–Crippen MR) is 67.7 cm³/mol. The van der Waals surface area contributed by atoms with Crippen molar-refractivity contribution >= 4 is 22.8 Å². The Morgan fingerprint density at radius 1 is 1.22 bits per heavy atom. The minimum Gasteiger partial charge on any atom is -0.306 e. The molecule has 0 aliphatic heterocycles. The molecular formula is C11H11N7. The maximum absolute atomic E-state index is 8.56. The average Bonchev–Trinajstić information content (AvgIpc) is 2.88. The highest BCUT2D eigenvalue weighted by Crippen LogP contribution is 2.27. The molecule has 0 amide bonds. The monoisotopic (exact) mass is 241 g/mol. The van der Waals surface area contributed by atoms with Gasteiger partial charge in [-0.25, -0.2) is 0 Å². The lowest BCUT2D eigenvalue weighted by Gasteiger charge is -2.07. The van der Waals surface area contributed by atoms with Crippen LogP contribution in [0.1, 0.15) is 19.9 Å². The predicted octanol–water partition coefficient (Wildman–Crippen LogP) is 3.21. The quantitative estimate of drug-likeness (QED) is 0.392. The summed E-state index contributed by atoms with van der Waals surface area (Å²) in [6.07, 6.45) is 0. The van der Waals surface area contributed by atoms with E-state index in [1.807, 2.05) is 24.3 Å². The Morgan fingerprint density at radius 3 is 2.61 bits per heavy atom. The second kappa shape index (κ2) is 3.75. The lowest BCUT2D eigenvalue weighted by Crippen LogP contribution is -2.00. The molecule has 3 aromatic rings. The molecule has 0 atom stereocenters. The van der Waals surface area contributed by atoms with Crippen LogP contribution in [0.5, 0.6) is 0 Å². The van der Waals surface area contributed by atoms with Crippen molar-refractivity contribution in [2.45, 2.75) is 19.9 Å². The van der Waals surface area contributed by atoms with Gasteiger partial charge in [0, 0.05) is 11.0 Å². The molecule has 1 aromatic carbocycles. The average molecular weight is 241 g/mol.